The monoisotopic (exact) mass is 268 g/mol. The zero-order valence-corrected chi connectivity index (χ0v) is 11.5. The Labute approximate surface area is 117 Å². The highest BCUT2D eigenvalue weighted by molar-refractivity contribution is 5.95. The quantitative estimate of drug-likeness (QED) is 0.683. The summed E-state index contributed by atoms with van der Waals surface area (Å²) in [5.41, 5.74) is 4.04. The standard InChI is InChI=1S/C16H16N2O2/c1-12-11-15(13(2)20-12)16(19)18-17-10-6-9-14-7-4-3-5-8-14/h3-11H,1-2H3,(H,18,19). The molecule has 0 atom stereocenters. The van der Waals surface area contributed by atoms with E-state index in [9.17, 15) is 4.79 Å². The molecule has 1 aromatic heterocycles. The van der Waals surface area contributed by atoms with E-state index < -0.39 is 0 Å². The highest BCUT2D eigenvalue weighted by atomic mass is 16.3. The van der Waals surface area contributed by atoms with Gasteiger partial charge in [-0.25, -0.2) is 5.43 Å². The molecule has 0 bridgehead atoms. The number of hydrazone groups is 1. The van der Waals surface area contributed by atoms with Gasteiger partial charge in [0, 0.05) is 6.21 Å². The summed E-state index contributed by atoms with van der Waals surface area (Å²) in [5, 5.41) is 3.86. The second-order valence-electron chi connectivity index (χ2n) is 4.32. The van der Waals surface area contributed by atoms with Gasteiger partial charge in [-0.1, -0.05) is 36.4 Å². The van der Waals surface area contributed by atoms with Gasteiger partial charge >= 0.3 is 0 Å². The summed E-state index contributed by atoms with van der Waals surface area (Å²) in [6, 6.07) is 11.5. The molecule has 0 aliphatic carbocycles. The van der Waals surface area contributed by atoms with Crippen LogP contribution in [0, 0.1) is 13.8 Å². The molecule has 0 saturated carbocycles. The van der Waals surface area contributed by atoms with Crippen LogP contribution in [-0.2, 0) is 0 Å². The maximum absolute atomic E-state index is 11.8. The van der Waals surface area contributed by atoms with E-state index in [1.165, 1.54) is 6.21 Å². The van der Waals surface area contributed by atoms with Gasteiger partial charge < -0.3 is 4.42 Å². The van der Waals surface area contributed by atoms with Crippen LogP contribution in [0.4, 0.5) is 0 Å². The fraction of sp³-hybridized carbons (Fsp3) is 0.125. The number of rotatable bonds is 4. The molecule has 2 rings (SSSR count). The molecule has 1 N–H and O–H groups in total. The van der Waals surface area contributed by atoms with E-state index >= 15 is 0 Å². The summed E-state index contributed by atoms with van der Waals surface area (Å²) in [6.07, 6.45) is 5.21. The Morgan fingerprint density at radius 1 is 1.25 bits per heavy atom. The van der Waals surface area contributed by atoms with Crippen LogP contribution in [0.15, 0.2) is 52.0 Å². The lowest BCUT2D eigenvalue weighted by Crippen LogP contribution is -2.17. The van der Waals surface area contributed by atoms with Gasteiger partial charge in [0.2, 0.25) is 0 Å². The Morgan fingerprint density at radius 3 is 2.65 bits per heavy atom. The van der Waals surface area contributed by atoms with Crippen molar-refractivity contribution in [2.45, 2.75) is 13.8 Å². The number of aryl methyl sites for hydroxylation is 2. The predicted octanol–water partition coefficient (Wildman–Crippen LogP) is 3.33. The number of furan rings is 1. The number of nitrogens with zero attached hydrogens (tertiary/aromatic N) is 1. The van der Waals surface area contributed by atoms with Crippen molar-refractivity contribution in [1.82, 2.24) is 5.43 Å². The topological polar surface area (TPSA) is 54.6 Å². The Morgan fingerprint density at radius 2 is 2.00 bits per heavy atom. The van der Waals surface area contributed by atoms with Crippen molar-refractivity contribution in [2.24, 2.45) is 5.10 Å². The average molecular weight is 268 g/mol. The van der Waals surface area contributed by atoms with Crippen LogP contribution in [0.1, 0.15) is 27.4 Å². The number of benzene rings is 1. The molecule has 20 heavy (non-hydrogen) atoms. The van der Waals surface area contributed by atoms with Crippen molar-refractivity contribution >= 4 is 18.2 Å². The second kappa shape index (κ2) is 6.52. The van der Waals surface area contributed by atoms with Crippen molar-refractivity contribution < 1.29 is 9.21 Å². The number of carbonyl (C=O) groups excluding carboxylic acids is 1. The first-order valence-corrected chi connectivity index (χ1v) is 6.29. The molecule has 102 valence electrons. The number of amides is 1. The van der Waals surface area contributed by atoms with Crippen LogP contribution in [0.5, 0.6) is 0 Å². The van der Waals surface area contributed by atoms with Crippen molar-refractivity contribution in [2.75, 3.05) is 0 Å². The van der Waals surface area contributed by atoms with Crippen LogP contribution >= 0.6 is 0 Å². The van der Waals surface area contributed by atoms with E-state index in [0.29, 0.717) is 17.1 Å². The Bertz CT molecular complexity index is 640. The molecule has 4 nitrogen and oxygen atoms in total. The van der Waals surface area contributed by atoms with Gasteiger partial charge in [-0.15, -0.1) is 0 Å². The fourth-order valence-electron chi connectivity index (χ4n) is 1.77. The van der Waals surface area contributed by atoms with Gasteiger partial charge in [0.25, 0.3) is 5.91 Å². The molecular weight excluding hydrogens is 252 g/mol. The lowest BCUT2D eigenvalue weighted by atomic mass is 10.2. The van der Waals surface area contributed by atoms with E-state index in [1.807, 2.05) is 36.4 Å². The average Bonchev–Trinajstić information content (AvgIpc) is 2.78. The Hall–Kier alpha value is -2.62. The summed E-state index contributed by atoms with van der Waals surface area (Å²) in [7, 11) is 0. The highest BCUT2D eigenvalue weighted by Crippen LogP contribution is 2.13. The Balaban J connectivity index is 1.89. The highest BCUT2D eigenvalue weighted by Gasteiger charge is 2.12. The molecule has 0 aliphatic heterocycles. The fourth-order valence-corrected chi connectivity index (χ4v) is 1.77. The van der Waals surface area contributed by atoms with Gasteiger partial charge in [0.05, 0.1) is 5.56 Å². The minimum Gasteiger partial charge on any atom is -0.466 e. The van der Waals surface area contributed by atoms with Gasteiger partial charge in [-0.3, -0.25) is 4.79 Å². The normalized spacial score (nSPS) is 11.3. The molecule has 2 aromatic rings. The molecule has 1 aromatic carbocycles. The smallest absolute Gasteiger partial charge is 0.274 e. The van der Waals surface area contributed by atoms with Crippen LogP contribution in [0.3, 0.4) is 0 Å². The van der Waals surface area contributed by atoms with E-state index in [1.54, 1.807) is 26.0 Å². The van der Waals surface area contributed by atoms with Crippen LogP contribution in [0.25, 0.3) is 6.08 Å². The first kappa shape index (κ1) is 13.8. The maximum Gasteiger partial charge on any atom is 0.274 e. The number of hydrogen-bond acceptors (Lipinski definition) is 3. The number of nitrogens with one attached hydrogen (secondary N) is 1. The molecule has 0 unspecified atom stereocenters. The summed E-state index contributed by atoms with van der Waals surface area (Å²) >= 11 is 0. The van der Waals surface area contributed by atoms with Gasteiger partial charge in [-0.05, 0) is 31.6 Å². The van der Waals surface area contributed by atoms with Crippen LogP contribution in [-0.4, -0.2) is 12.1 Å². The lowest BCUT2D eigenvalue weighted by Gasteiger charge is -1.95. The maximum atomic E-state index is 11.8. The van der Waals surface area contributed by atoms with Crippen molar-refractivity contribution in [3.8, 4) is 0 Å². The molecule has 1 amide bonds. The second-order valence-corrected chi connectivity index (χ2v) is 4.32. The summed E-state index contributed by atoms with van der Waals surface area (Å²) in [5.74, 6) is 1.03. The molecule has 0 radical (unpaired) electrons. The number of hydrogen-bond donors (Lipinski definition) is 1. The third-order valence-corrected chi connectivity index (χ3v) is 2.70. The molecular formula is C16H16N2O2. The number of carbonyl (C=O) groups is 1. The first-order valence-electron chi connectivity index (χ1n) is 6.29. The van der Waals surface area contributed by atoms with E-state index in [-0.39, 0.29) is 5.91 Å². The first-order chi connectivity index (χ1) is 9.66. The predicted molar refractivity (Wildman–Crippen MR) is 79.6 cm³/mol. The van der Waals surface area contributed by atoms with Gasteiger partial charge in [-0.2, -0.15) is 5.10 Å². The molecule has 0 spiro atoms. The third-order valence-electron chi connectivity index (χ3n) is 2.70. The largest absolute Gasteiger partial charge is 0.466 e. The van der Waals surface area contributed by atoms with Crippen LogP contribution in [0.2, 0.25) is 0 Å². The molecule has 0 aliphatic rings. The van der Waals surface area contributed by atoms with Crippen molar-refractivity contribution in [3.63, 3.8) is 0 Å². The van der Waals surface area contributed by atoms with Gasteiger partial charge in [0.15, 0.2) is 0 Å². The van der Waals surface area contributed by atoms with E-state index in [2.05, 4.69) is 10.5 Å². The summed E-state index contributed by atoms with van der Waals surface area (Å²) in [6.45, 7) is 3.55. The summed E-state index contributed by atoms with van der Waals surface area (Å²) < 4.78 is 5.29. The van der Waals surface area contributed by atoms with Gasteiger partial charge in [0.1, 0.15) is 11.5 Å². The van der Waals surface area contributed by atoms with E-state index in [4.69, 9.17) is 4.42 Å². The minimum absolute atomic E-state index is 0.274. The molecule has 0 saturated heterocycles. The zero-order valence-electron chi connectivity index (χ0n) is 11.5. The summed E-state index contributed by atoms with van der Waals surface area (Å²) in [4.78, 5) is 11.8. The molecule has 1 heterocycles. The third kappa shape index (κ3) is 3.68. The zero-order chi connectivity index (χ0) is 14.4. The molecule has 0 fully saturated rings. The van der Waals surface area contributed by atoms with E-state index in [0.717, 1.165) is 5.56 Å². The van der Waals surface area contributed by atoms with Crippen molar-refractivity contribution in [1.29, 1.82) is 0 Å². The van der Waals surface area contributed by atoms with Crippen LogP contribution < -0.4 is 5.43 Å². The number of allylic oxidation sites excluding steroid dienone is 1. The van der Waals surface area contributed by atoms with Crippen molar-refractivity contribution in [3.05, 3.63) is 65.1 Å². The SMILES string of the molecule is Cc1cc(C(=O)NN=CC=Cc2ccccc2)c(C)o1. The lowest BCUT2D eigenvalue weighted by molar-refractivity contribution is 0.0953. The molecule has 4 heteroatoms. The Kier molecular flexibility index (Phi) is 4.50. The minimum atomic E-state index is -0.274.